The second-order valence-electron chi connectivity index (χ2n) is 4.82. The van der Waals surface area contributed by atoms with Crippen molar-refractivity contribution in [3.63, 3.8) is 0 Å². The Hall–Kier alpha value is -1.10. The van der Waals surface area contributed by atoms with Crippen LogP contribution in [0, 0.1) is 16.6 Å². The van der Waals surface area contributed by atoms with Crippen molar-refractivity contribution in [1.82, 2.24) is 0 Å². The molecular weight excluding hydrogens is 299 g/mol. The molecule has 1 aromatic rings. The largest absolute Gasteiger partial charge is 0.492 e. The van der Waals surface area contributed by atoms with Crippen molar-refractivity contribution in [1.29, 1.82) is 5.41 Å². The molecule has 0 saturated heterocycles. The van der Waals surface area contributed by atoms with E-state index in [4.69, 9.17) is 15.9 Å². The lowest BCUT2D eigenvalue weighted by atomic mass is 9.87. The maximum Gasteiger partial charge on any atom is 0.136 e. The summed E-state index contributed by atoms with van der Waals surface area (Å²) < 4.78 is 19.2. The average Bonchev–Trinajstić information content (AvgIpc) is 2.28. The van der Waals surface area contributed by atoms with Crippen molar-refractivity contribution >= 4 is 21.8 Å². The van der Waals surface area contributed by atoms with E-state index in [1.807, 2.05) is 13.8 Å². The van der Waals surface area contributed by atoms with Gasteiger partial charge in [0, 0.05) is 11.5 Å². The van der Waals surface area contributed by atoms with Gasteiger partial charge in [-0.25, -0.2) is 4.39 Å². The first-order chi connectivity index (χ1) is 8.33. The fraction of sp³-hybridized carbons (Fsp3) is 0.462. The molecule has 3 nitrogen and oxygen atoms in total. The van der Waals surface area contributed by atoms with Gasteiger partial charge in [0.2, 0.25) is 0 Å². The molecule has 5 heteroatoms. The van der Waals surface area contributed by atoms with E-state index in [0.29, 0.717) is 12.4 Å². The van der Waals surface area contributed by atoms with Crippen molar-refractivity contribution in [2.75, 3.05) is 6.61 Å². The van der Waals surface area contributed by atoms with Gasteiger partial charge in [0.1, 0.15) is 11.6 Å². The van der Waals surface area contributed by atoms with Crippen LogP contribution in [-0.4, -0.2) is 12.4 Å². The van der Waals surface area contributed by atoms with Crippen molar-refractivity contribution in [3.05, 3.63) is 28.5 Å². The number of hydrogen-bond acceptors (Lipinski definition) is 2. The molecule has 0 amide bonds. The molecule has 1 rings (SSSR count). The highest BCUT2D eigenvalue weighted by Gasteiger charge is 2.20. The van der Waals surface area contributed by atoms with Crippen LogP contribution in [0.2, 0.25) is 0 Å². The molecule has 0 saturated carbocycles. The summed E-state index contributed by atoms with van der Waals surface area (Å²) in [7, 11) is 0. The summed E-state index contributed by atoms with van der Waals surface area (Å²) in [6.07, 6.45) is 1.52. The van der Waals surface area contributed by atoms with E-state index in [0.717, 1.165) is 17.3 Å². The molecule has 0 heterocycles. The summed E-state index contributed by atoms with van der Waals surface area (Å²) >= 11 is 3.30. The Morgan fingerprint density at radius 1 is 1.50 bits per heavy atom. The number of hydrogen-bond donors (Lipinski definition) is 2. The van der Waals surface area contributed by atoms with Crippen molar-refractivity contribution in [2.24, 2.45) is 11.1 Å². The summed E-state index contributed by atoms with van der Waals surface area (Å²) in [6, 6.07) is 4.33. The van der Waals surface area contributed by atoms with Crippen LogP contribution >= 0.6 is 15.9 Å². The van der Waals surface area contributed by atoms with Crippen molar-refractivity contribution in [2.45, 2.75) is 26.7 Å². The number of nitrogens with one attached hydrogen (secondary N) is 1. The normalized spacial score (nSPS) is 11.3. The second-order valence-corrected chi connectivity index (χ2v) is 5.68. The van der Waals surface area contributed by atoms with Gasteiger partial charge in [0.25, 0.3) is 0 Å². The van der Waals surface area contributed by atoms with Crippen LogP contribution in [0.15, 0.2) is 22.7 Å². The van der Waals surface area contributed by atoms with Crippen LogP contribution in [0.5, 0.6) is 5.75 Å². The van der Waals surface area contributed by atoms with Gasteiger partial charge in [-0.15, -0.1) is 0 Å². The first-order valence-corrected chi connectivity index (χ1v) is 6.54. The van der Waals surface area contributed by atoms with Gasteiger partial charge >= 0.3 is 0 Å². The standard InChI is InChI=1S/C13H18BrFN2O/c1-13(2,12(16)17)6-3-7-18-11-8-9(15)4-5-10(11)14/h4-5,8H,3,6-7H2,1-2H3,(H3,16,17). The number of benzene rings is 1. The first-order valence-electron chi connectivity index (χ1n) is 5.75. The molecule has 18 heavy (non-hydrogen) atoms. The third kappa shape index (κ3) is 4.29. The van der Waals surface area contributed by atoms with E-state index in [9.17, 15) is 4.39 Å². The minimum Gasteiger partial charge on any atom is -0.492 e. The molecule has 0 spiro atoms. The van der Waals surface area contributed by atoms with E-state index in [1.54, 1.807) is 6.07 Å². The molecule has 0 bridgehead atoms. The quantitative estimate of drug-likeness (QED) is 0.477. The Balaban J connectivity index is 2.43. The van der Waals surface area contributed by atoms with Crippen molar-refractivity contribution < 1.29 is 9.13 Å². The lowest BCUT2D eigenvalue weighted by molar-refractivity contribution is 0.284. The van der Waals surface area contributed by atoms with Crippen LogP contribution in [0.4, 0.5) is 4.39 Å². The molecule has 100 valence electrons. The summed E-state index contributed by atoms with van der Waals surface area (Å²) in [6.45, 7) is 4.32. The predicted octanol–water partition coefficient (Wildman–Crippen LogP) is 3.71. The molecule has 0 radical (unpaired) electrons. The van der Waals surface area contributed by atoms with E-state index in [2.05, 4.69) is 15.9 Å². The fourth-order valence-electron chi connectivity index (χ4n) is 1.42. The number of ether oxygens (including phenoxy) is 1. The molecule has 1 aromatic carbocycles. The van der Waals surface area contributed by atoms with E-state index in [-0.39, 0.29) is 17.1 Å². The van der Waals surface area contributed by atoms with Gasteiger partial charge in [-0.3, -0.25) is 5.41 Å². The number of halogens is 2. The minimum atomic E-state index is -0.322. The summed E-state index contributed by atoms with van der Waals surface area (Å²) in [5, 5.41) is 7.44. The zero-order chi connectivity index (χ0) is 13.8. The van der Waals surface area contributed by atoms with Crippen molar-refractivity contribution in [3.8, 4) is 5.75 Å². The second kappa shape index (κ2) is 6.18. The van der Waals surface area contributed by atoms with Gasteiger partial charge in [0.15, 0.2) is 0 Å². The summed E-state index contributed by atoms with van der Waals surface area (Å²) in [5.74, 6) is 0.349. The van der Waals surface area contributed by atoms with E-state index < -0.39 is 0 Å². The molecule has 0 unspecified atom stereocenters. The van der Waals surface area contributed by atoms with Gasteiger partial charge in [0.05, 0.1) is 16.9 Å². The Kier molecular flexibility index (Phi) is 5.14. The highest BCUT2D eigenvalue weighted by atomic mass is 79.9. The average molecular weight is 317 g/mol. The fourth-order valence-corrected chi connectivity index (χ4v) is 1.78. The Morgan fingerprint density at radius 3 is 2.78 bits per heavy atom. The first kappa shape index (κ1) is 15.0. The lowest BCUT2D eigenvalue weighted by Crippen LogP contribution is -2.31. The third-order valence-electron chi connectivity index (χ3n) is 2.83. The highest BCUT2D eigenvalue weighted by molar-refractivity contribution is 9.10. The van der Waals surface area contributed by atoms with Gasteiger partial charge < -0.3 is 10.5 Å². The van der Waals surface area contributed by atoms with Crippen LogP contribution in [0.3, 0.4) is 0 Å². The third-order valence-corrected chi connectivity index (χ3v) is 3.48. The Morgan fingerprint density at radius 2 is 2.17 bits per heavy atom. The molecule has 3 N–H and O–H groups in total. The predicted molar refractivity (Wildman–Crippen MR) is 74.5 cm³/mol. The topological polar surface area (TPSA) is 59.1 Å². The number of rotatable bonds is 6. The van der Waals surface area contributed by atoms with Crippen LogP contribution < -0.4 is 10.5 Å². The van der Waals surface area contributed by atoms with Gasteiger partial charge in [-0.2, -0.15) is 0 Å². The van der Waals surface area contributed by atoms with Crippen LogP contribution in [-0.2, 0) is 0 Å². The van der Waals surface area contributed by atoms with Gasteiger partial charge in [-0.05, 0) is 40.9 Å². The number of nitrogens with two attached hydrogens (primary N) is 1. The molecule has 0 aromatic heterocycles. The van der Waals surface area contributed by atoms with Gasteiger partial charge in [-0.1, -0.05) is 13.8 Å². The lowest BCUT2D eigenvalue weighted by Gasteiger charge is -2.22. The minimum absolute atomic E-state index is 0.175. The zero-order valence-corrected chi connectivity index (χ0v) is 12.2. The maximum atomic E-state index is 13.0. The van der Waals surface area contributed by atoms with E-state index >= 15 is 0 Å². The smallest absolute Gasteiger partial charge is 0.136 e. The monoisotopic (exact) mass is 316 g/mol. The van der Waals surface area contributed by atoms with Crippen LogP contribution in [0.25, 0.3) is 0 Å². The molecule has 0 aliphatic heterocycles. The maximum absolute atomic E-state index is 13.0. The molecule has 0 fully saturated rings. The molecule has 0 atom stereocenters. The summed E-state index contributed by atoms with van der Waals surface area (Å²) in [5.41, 5.74) is 5.18. The molecule has 0 aliphatic rings. The van der Waals surface area contributed by atoms with Crippen LogP contribution in [0.1, 0.15) is 26.7 Å². The molecular formula is C13H18BrFN2O. The number of amidine groups is 1. The zero-order valence-electron chi connectivity index (χ0n) is 10.6. The Labute approximate surface area is 115 Å². The Bertz CT molecular complexity index is 435. The highest BCUT2D eigenvalue weighted by Crippen LogP contribution is 2.26. The SMILES string of the molecule is CC(C)(CCCOc1cc(F)ccc1Br)C(=N)N. The summed E-state index contributed by atoms with van der Waals surface area (Å²) in [4.78, 5) is 0. The van der Waals surface area contributed by atoms with E-state index in [1.165, 1.54) is 12.1 Å². The molecule has 0 aliphatic carbocycles.